The number of H-pyrrole nitrogens is 2. The quantitative estimate of drug-likeness (QED) is 0.272. The molecule has 0 spiro atoms. The fourth-order valence-corrected chi connectivity index (χ4v) is 4.26. The molecular weight excluding hydrogens is 438 g/mol. The van der Waals surface area contributed by atoms with E-state index in [0.29, 0.717) is 39.4 Å². The van der Waals surface area contributed by atoms with Gasteiger partial charge in [-0.05, 0) is 42.2 Å². The van der Waals surface area contributed by atoms with Crippen molar-refractivity contribution in [1.29, 1.82) is 0 Å². The number of para-hydroxylation sites is 1. The van der Waals surface area contributed by atoms with Crippen molar-refractivity contribution in [3.8, 4) is 0 Å². The van der Waals surface area contributed by atoms with Crippen molar-refractivity contribution in [1.82, 2.24) is 15.2 Å². The SMILES string of the molecule is CC(C)(C)CCC(=O)c1cc2c(NC(=O)c3ccccc3NC(=O)c3ccc[nH]3)n[nH]c2s1. The smallest absolute Gasteiger partial charge is 0.272 e. The van der Waals surface area contributed by atoms with Crippen LogP contribution in [0, 0.1) is 5.41 Å². The molecule has 4 aromatic rings. The molecule has 0 radical (unpaired) electrons. The van der Waals surface area contributed by atoms with E-state index in [1.54, 1.807) is 48.7 Å². The van der Waals surface area contributed by atoms with Crippen LogP contribution in [0.4, 0.5) is 11.5 Å². The van der Waals surface area contributed by atoms with E-state index < -0.39 is 5.91 Å². The summed E-state index contributed by atoms with van der Waals surface area (Å²) in [6.45, 7) is 6.32. The average molecular weight is 464 g/mol. The number of aromatic amines is 2. The number of nitrogens with zero attached hydrogens (tertiary/aromatic N) is 1. The first kappa shape index (κ1) is 22.5. The van der Waals surface area contributed by atoms with Crippen LogP contribution in [-0.2, 0) is 0 Å². The number of hydrogen-bond acceptors (Lipinski definition) is 5. The molecule has 1 aromatic carbocycles. The second kappa shape index (κ2) is 9.03. The Morgan fingerprint density at radius 1 is 1.03 bits per heavy atom. The molecule has 4 rings (SSSR count). The van der Waals surface area contributed by atoms with Crippen molar-refractivity contribution in [3.05, 3.63) is 64.8 Å². The van der Waals surface area contributed by atoms with E-state index in [-0.39, 0.29) is 17.1 Å². The van der Waals surface area contributed by atoms with Crippen molar-refractivity contribution in [2.24, 2.45) is 5.41 Å². The van der Waals surface area contributed by atoms with Gasteiger partial charge in [0.1, 0.15) is 10.5 Å². The number of benzene rings is 1. The van der Waals surface area contributed by atoms with Gasteiger partial charge in [-0.3, -0.25) is 19.5 Å². The van der Waals surface area contributed by atoms with Gasteiger partial charge in [0.2, 0.25) is 0 Å². The highest BCUT2D eigenvalue weighted by Crippen LogP contribution is 2.32. The Kier molecular flexibility index (Phi) is 6.15. The lowest BCUT2D eigenvalue weighted by molar-refractivity contribution is 0.0968. The zero-order chi connectivity index (χ0) is 23.6. The normalized spacial score (nSPS) is 11.5. The number of amides is 2. The summed E-state index contributed by atoms with van der Waals surface area (Å²) in [6, 6.07) is 11.9. The predicted molar refractivity (Wildman–Crippen MR) is 130 cm³/mol. The average Bonchev–Trinajstić information content (AvgIpc) is 3.50. The minimum absolute atomic E-state index is 0.0779. The van der Waals surface area contributed by atoms with Crippen molar-refractivity contribution in [3.63, 3.8) is 0 Å². The summed E-state index contributed by atoms with van der Waals surface area (Å²) in [6.07, 6.45) is 2.92. The summed E-state index contributed by atoms with van der Waals surface area (Å²) < 4.78 is 0. The minimum atomic E-state index is -0.419. The fourth-order valence-electron chi connectivity index (χ4n) is 3.29. The van der Waals surface area contributed by atoms with E-state index in [2.05, 4.69) is 46.6 Å². The van der Waals surface area contributed by atoms with Crippen LogP contribution < -0.4 is 10.6 Å². The number of Topliss-reactive ketones (excluding diaryl/α,β-unsaturated/α-hetero) is 1. The van der Waals surface area contributed by atoms with Gasteiger partial charge in [0.15, 0.2) is 11.6 Å². The van der Waals surface area contributed by atoms with Crippen LogP contribution >= 0.6 is 11.3 Å². The summed E-state index contributed by atoms with van der Waals surface area (Å²) in [5.41, 5.74) is 1.15. The highest BCUT2D eigenvalue weighted by Gasteiger charge is 2.20. The zero-order valence-electron chi connectivity index (χ0n) is 18.6. The summed E-state index contributed by atoms with van der Waals surface area (Å²) in [4.78, 5) is 42.2. The summed E-state index contributed by atoms with van der Waals surface area (Å²) in [5, 5.41) is 13.3. The van der Waals surface area contributed by atoms with Crippen LogP contribution in [0.1, 0.15) is 64.1 Å². The molecule has 170 valence electrons. The molecular formula is C24H25N5O3S. The minimum Gasteiger partial charge on any atom is -0.357 e. The summed E-state index contributed by atoms with van der Waals surface area (Å²) in [7, 11) is 0. The van der Waals surface area contributed by atoms with Crippen molar-refractivity contribution >= 4 is 50.7 Å². The molecule has 9 heteroatoms. The first-order chi connectivity index (χ1) is 15.7. The third-order valence-corrected chi connectivity index (χ3v) is 6.21. The van der Waals surface area contributed by atoms with Crippen LogP contribution in [0.2, 0.25) is 0 Å². The first-order valence-electron chi connectivity index (χ1n) is 10.6. The maximum atomic E-state index is 13.0. The molecule has 3 aromatic heterocycles. The Balaban J connectivity index is 1.51. The Labute approximate surface area is 194 Å². The van der Waals surface area contributed by atoms with Crippen molar-refractivity contribution < 1.29 is 14.4 Å². The number of ketones is 1. The van der Waals surface area contributed by atoms with Gasteiger partial charge in [0.05, 0.1) is 21.5 Å². The molecule has 0 saturated carbocycles. The van der Waals surface area contributed by atoms with Gasteiger partial charge in [0, 0.05) is 12.6 Å². The van der Waals surface area contributed by atoms with Crippen LogP contribution in [0.15, 0.2) is 48.7 Å². The topological polar surface area (TPSA) is 120 Å². The predicted octanol–water partition coefficient (Wildman–Crippen LogP) is 5.47. The number of fused-ring (bicyclic) bond motifs is 1. The molecule has 0 saturated heterocycles. The highest BCUT2D eigenvalue weighted by atomic mass is 32.1. The molecule has 3 heterocycles. The number of rotatable bonds is 7. The van der Waals surface area contributed by atoms with Crippen LogP contribution in [0.5, 0.6) is 0 Å². The monoisotopic (exact) mass is 463 g/mol. The number of aromatic nitrogens is 3. The number of hydrogen-bond donors (Lipinski definition) is 4. The van der Waals surface area contributed by atoms with E-state index in [4.69, 9.17) is 0 Å². The Morgan fingerprint density at radius 2 is 1.82 bits per heavy atom. The zero-order valence-corrected chi connectivity index (χ0v) is 19.4. The molecule has 0 unspecified atom stereocenters. The Morgan fingerprint density at radius 3 is 2.55 bits per heavy atom. The third-order valence-electron chi connectivity index (χ3n) is 5.13. The van der Waals surface area contributed by atoms with Crippen LogP contribution in [0.25, 0.3) is 10.2 Å². The second-order valence-corrected chi connectivity index (χ2v) is 10.00. The highest BCUT2D eigenvalue weighted by molar-refractivity contribution is 7.20. The van der Waals surface area contributed by atoms with Gasteiger partial charge >= 0.3 is 0 Å². The Bertz CT molecular complexity index is 1310. The number of carbonyl (C=O) groups excluding carboxylic acids is 3. The lowest BCUT2D eigenvalue weighted by Gasteiger charge is -2.16. The second-order valence-electron chi connectivity index (χ2n) is 8.95. The lowest BCUT2D eigenvalue weighted by atomic mass is 9.89. The molecule has 0 aliphatic rings. The molecule has 8 nitrogen and oxygen atoms in total. The lowest BCUT2D eigenvalue weighted by Crippen LogP contribution is -2.18. The van der Waals surface area contributed by atoms with Crippen molar-refractivity contribution in [2.75, 3.05) is 10.6 Å². The van der Waals surface area contributed by atoms with Gasteiger partial charge in [-0.25, -0.2) is 0 Å². The van der Waals surface area contributed by atoms with Gasteiger partial charge in [-0.1, -0.05) is 32.9 Å². The fraction of sp³-hybridized carbons (Fsp3) is 0.250. The van der Waals surface area contributed by atoms with Crippen LogP contribution in [-0.4, -0.2) is 32.8 Å². The number of thiophene rings is 1. The molecule has 2 amide bonds. The maximum Gasteiger partial charge on any atom is 0.272 e. The Hall–Kier alpha value is -3.72. The maximum absolute atomic E-state index is 13.0. The standard InChI is InChI=1S/C24H25N5O3S/c1-24(2,3)11-10-18(30)19-13-15-20(28-29-23(15)33-19)27-21(31)14-7-4-5-8-16(14)26-22(32)17-9-6-12-25-17/h4-9,12-13,25H,10-11H2,1-3H3,(H,26,32)(H2,27,28,29,31). The van der Waals surface area contributed by atoms with E-state index >= 15 is 0 Å². The van der Waals surface area contributed by atoms with Gasteiger partial charge < -0.3 is 15.6 Å². The third kappa shape index (κ3) is 5.20. The van der Waals surface area contributed by atoms with E-state index in [1.807, 2.05) is 0 Å². The molecule has 0 fully saturated rings. The summed E-state index contributed by atoms with van der Waals surface area (Å²) >= 11 is 1.33. The molecule has 0 aliphatic heterocycles. The van der Waals surface area contributed by atoms with Gasteiger partial charge in [-0.2, -0.15) is 5.10 Å². The molecule has 0 bridgehead atoms. The molecule has 33 heavy (non-hydrogen) atoms. The molecule has 4 N–H and O–H groups in total. The number of carbonyl (C=O) groups is 3. The number of nitrogens with one attached hydrogen (secondary N) is 4. The van der Waals surface area contributed by atoms with Crippen LogP contribution in [0.3, 0.4) is 0 Å². The molecule has 0 aliphatic carbocycles. The number of anilines is 2. The first-order valence-corrected chi connectivity index (χ1v) is 11.4. The van der Waals surface area contributed by atoms with E-state index in [9.17, 15) is 14.4 Å². The van der Waals surface area contributed by atoms with Gasteiger partial charge in [-0.15, -0.1) is 11.3 Å². The van der Waals surface area contributed by atoms with E-state index in [1.165, 1.54) is 11.3 Å². The van der Waals surface area contributed by atoms with E-state index in [0.717, 1.165) is 11.3 Å². The van der Waals surface area contributed by atoms with Crippen molar-refractivity contribution in [2.45, 2.75) is 33.6 Å². The van der Waals surface area contributed by atoms with Gasteiger partial charge in [0.25, 0.3) is 11.8 Å². The largest absolute Gasteiger partial charge is 0.357 e. The molecule has 0 atom stereocenters. The summed E-state index contributed by atoms with van der Waals surface area (Å²) in [5.74, 6) is -0.350.